The van der Waals surface area contributed by atoms with E-state index in [9.17, 15) is 10.2 Å². The van der Waals surface area contributed by atoms with Gasteiger partial charge in [0, 0.05) is 16.7 Å². The molecule has 1 aromatic carbocycles. The number of allylic oxidation sites excluding steroid dienone is 1. The van der Waals surface area contributed by atoms with Crippen molar-refractivity contribution in [2.45, 2.75) is 51.0 Å². The van der Waals surface area contributed by atoms with Crippen LogP contribution in [0.25, 0.3) is 0 Å². The Bertz CT molecular complexity index is 678. The van der Waals surface area contributed by atoms with Crippen molar-refractivity contribution in [2.24, 2.45) is 22.7 Å². The van der Waals surface area contributed by atoms with Crippen molar-refractivity contribution >= 4 is 0 Å². The summed E-state index contributed by atoms with van der Waals surface area (Å²) < 4.78 is 0. The molecule has 0 aromatic heterocycles. The number of hydrogen-bond donors (Lipinski definition) is 2. The minimum absolute atomic E-state index is 0.0714. The molecule has 2 heteroatoms. The van der Waals surface area contributed by atoms with Crippen LogP contribution in [0.3, 0.4) is 0 Å². The predicted molar refractivity (Wildman–Crippen MR) is 85.7 cm³/mol. The van der Waals surface area contributed by atoms with Crippen LogP contribution in [0.2, 0.25) is 0 Å². The van der Waals surface area contributed by atoms with Crippen molar-refractivity contribution in [3.05, 3.63) is 41.5 Å². The van der Waals surface area contributed by atoms with Gasteiger partial charge in [-0.1, -0.05) is 25.1 Å². The van der Waals surface area contributed by atoms with E-state index in [1.54, 1.807) is 0 Å². The molecule has 116 valence electrons. The summed E-state index contributed by atoms with van der Waals surface area (Å²) in [5.41, 5.74) is 3.08. The topological polar surface area (TPSA) is 40.5 Å². The molecule has 5 rings (SSSR count). The number of phenolic OH excluding ortho intramolecular Hbond substituents is 1. The highest BCUT2D eigenvalue weighted by Gasteiger charge is 2.67. The number of fused-ring (bicyclic) bond motifs is 4. The lowest BCUT2D eigenvalue weighted by molar-refractivity contribution is -0.0732. The summed E-state index contributed by atoms with van der Waals surface area (Å²) in [5.74, 6) is 2.03. The fourth-order valence-electron chi connectivity index (χ4n) is 6.62. The Morgan fingerprint density at radius 2 is 2.09 bits per heavy atom. The highest BCUT2D eigenvalue weighted by molar-refractivity contribution is 5.42. The molecule has 1 aromatic rings. The summed E-state index contributed by atoms with van der Waals surface area (Å²) in [6.45, 7) is 2.34. The van der Waals surface area contributed by atoms with Crippen LogP contribution in [0.15, 0.2) is 30.4 Å². The number of phenols is 1. The molecule has 2 fully saturated rings. The lowest BCUT2D eigenvalue weighted by atomic mass is 9.47. The molecule has 0 heterocycles. The number of benzene rings is 1. The molecule has 0 unspecified atom stereocenters. The van der Waals surface area contributed by atoms with Gasteiger partial charge in [0.15, 0.2) is 0 Å². The molecule has 0 radical (unpaired) electrons. The van der Waals surface area contributed by atoms with Gasteiger partial charge in [0.1, 0.15) is 5.75 Å². The van der Waals surface area contributed by atoms with Gasteiger partial charge in [0.25, 0.3) is 0 Å². The van der Waals surface area contributed by atoms with E-state index in [0.717, 1.165) is 19.3 Å². The third-order valence-corrected chi connectivity index (χ3v) is 7.71. The zero-order valence-corrected chi connectivity index (χ0v) is 13.1. The monoisotopic (exact) mass is 296 g/mol. The van der Waals surface area contributed by atoms with Crippen LogP contribution >= 0.6 is 0 Å². The van der Waals surface area contributed by atoms with Crippen LogP contribution in [0.4, 0.5) is 0 Å². The second-order valence-electron chi connectivity index (χ2n) is 8.30. The molecular formula is C20H24O2. The van der Waals surface area contributed by atoms with Gasteiger partial charge in [0.2, 0.25) is 0 Å². The second kappa shape index (κ2) is 3.97. The molecule has 2 saturated carbocycles. The molecule has 22 heavy (non-hydrogen) atoms. The average Bonchev–Trinajstić information content (AvgIpc) is 3.04. The summed E-state index contributed by atoms with van der Waals surface area (Å²) in [6, 6.07) is 5.97. The third-order valence-electron chi connectivity index (χ3n) is 7.71. The van der Waals surface area contributed by atoms with Crippen LogP contribution in [-0.4, -0.2) is 16.3 Å². The maximum Gasteiger partial charge on any atom is 0.115 e. The fourth-order valence-corrected chi connectivity index (χ4v) is 6.62. The molecule has 2 bridgehead atoms. The quantitative estimate of drug-likeness (QED) is 0.715. The van der Waals surface area contributed by atoms with Crippen molar-refractivity contribution in [3.63, 3.8) is 0 Å². The number of hydrogen-bond acceptors (Lipinski definition) is 2. The summed E-state index contributed by atoms with van der Waals surface area (Å²) in [5, 5.41) is 20.6. The first-order chi connectivity index (χ1) is 10.6. The minimum atomic E-state index is -0.153. The molecule has 6 atom stereocenters. The second-order valence-corrected chi connectivity index (χ2v) is 8.30. The first-order valence-corrected chi connectivity index (χ1v) is 8.74. The van der Waals surface area contributed by atoms with E-state index in [1.807, 2.05) is 12.1 Å². The largest absolute Gasteiger partial charge is 0.508 e. The molecule has 4 aliphatic carbocycles. The van der Waals surface area contributed by atoms with Crippen molar-refractivity contribution < 1.29 is 10.2 Å². The van der Waals surface area contributed by atoms with Crippen molar-refractivity contribution in [2.75, 3.05) is 0 Å². The predicted octanol–water partition coefficient (Wildman–Crippen LogP) is 3.78. The van der Waals surface area contributed by atoms with Gasteiger partial charge in [-0.05, 0) is 67.2 Å². The molecule has 4 aliphatic rings. The van der Waals surface area contributed by atoms with E-state index in [4.69, 9.17) is 0 Å². The number of aliphatic hydroxyl groups is 1. The van der Waals surface area contributed by atoms with E-state index in [2.05, 4.69) is 25.1 Å². The van der Waals surface area contributed by atoms with E-state index in [1.165, 1.54) is 24.0 Å². The Morgan fingerprint density at radius 3 is 2.95 bits per heavy atom. The van der Waals surface area contributed by atoms with E-state index in [-0.39, 0.29) is 16.9 Å². The number of rotatable bonds is 0. The zero-order chi connectivity index (χ0) is 15.1. The number of aromatic hydroxyl groups is 1. The summed E-state index contributed by atoms with van der Waals surface area (Å²) in [4.78, 5) is 0. The van der Waals surface area contributed by atoms with Gasteiger partial charge >= 0.3 is 0 Å². The first kappa shape index (κ1) is 13.2. The third kappa shape index (κ3) is 1.32. The molecule has 0 aliphatic heterocycles. The van der Waals surface area contributed by atoms with Gasteiger partial charge in [-0.15, -0.1) is 0 Å². The Labute approximate surface area is 131 Å². The van der Waals surface area contributed by atoms with Crippen LogP contribution in [0.1, 0.15) is 49.7 Å². The lowest BCUT2D eigenvalue weighted by Gasteiger charge is -2.57. The molecule has 2 nitrogen and oxygen atoms in total. The van der Waals surface area contributed by atoms with Crippen molar-refractivity contribution in [1.82, 2.24) is 0 Å². The molecule has 1 spiro atoms. The van der Waals surface area contributed by atoms with Gasteiger partial charge in [-0.25, -0.2) is 0 Å². The minimum Gasteiger partial charge on any atom is -0.508 e. The van der Waals surface area contributed by atoms with Crippen LogP contribution < -0.4 is 0 Å². The van der Waals surface area contributed by atoms with Gasteiger partial charge in [-0.2, -0.15) is 0 Å². The standard InChI is InChI=1S/C20H24O2/c1-19-8-7-16-15-4-3-14(21)10-12(15)2-5-17(16)20(19)9-6-13(11-20)18(19)22/h3-4,6,9-10,13,16-18,21-22H,2,5,7-8,11H2,1H3/t13-,16+,17+,18-,19+,20+/m0/s1. The zero-order valence-electron chi connectivity index (χ0n) is 13.1. The van der Waals surface area contributed by atoms with E-state index >= 15 is 0 Å². The summed E-state index contributed by atoms with van der Waals surface area (Å²) in [6.07, 6.45) is 10.3. The Morgan fingerprint density at radius 1 is 1.23 bits per heavy atom. The lowest BCUT2D eigenvalue weighted by Crippen LogP contribution is -2.52. The molecule has 0 saturated heterocycles. The maximum atomic E-state index is 10.8. The van der Waals surface area contributed by atoms with Gasteiger partial charge < -0.3 is 10.2 Å². The smallest absolute Gasteiger partial charge is 0.115 e. The summed E-state index contributed by atoms with van der Waals surface area (Å²) >= 11 is 0. The SMILES string of the molecule is C[C@]12CC[C@@H]3c4ccc(O)cc4CC[C@H]3[C@]13C=C[C@@H](C3)[C@@H]2O. The van der Waals surface area contributed by atoms with Gasteiger partial charge in [-0.3, -0.25) is 0 Å². The Kier molecular flexibility index (Phi) is 2.38. The fraction of sp³-hybridized carbons (Fsp3) is 0.600. The highest BCUT2D eigenvalue weighted by atomic mass is 16.3. The van der Waals surface area contributed by atoms with E-state index < -0.39 is 0 Å². The van der Waals surface area contributed by atoms with E-state index in [0.29, 0.717) is 23.5 Å². The number of aliphatic hydroxyl groups excluding tert-OH is 1. The maximum absolute atomic E-state index is 10.8. The van der Waals surface area contributed by atoms with Crippen LogP contribution in [0.5, 0.6) is 5.75 Å². The molecular weight excluding hydrogens is 272 g/mol. The van der Waals surface area contributed by atoms with Crippen molar-refractivity contribution in [1.29, 1.82) is 0 Å². The average molecular weight is 296 g/mol. The number of aryl methyl sites for hydroxylation is 1. The first-order valence-electron chi connectivity index (χ1n) is 8.74. The van der Waals surface area contributed by atoms with Gasteiger partial charge in [0.05, 0.1) is 6.10 Å². The van der Waals surface area contributed by atoms with Crippen molar-refractivity contribution in [3.8, 4) is 5.75 Å². The van der Waals surface area contributed by atoms with Crippen LogP contribution in [-0.2, 0) is 6.42 Å². The Hall–Kier alpha value is -1.28. The highest BCUT2D eigenvalue weighted by Crippen LogP contribution is 2.72. The summed E-state index contributed by atoms with van der Waals surface area (Å²) in [7, 11) is 0. The van der Waals surface area contributed by atoms with Crippen LogP contribution in [0, 0.1) is 22.7 Å². The normalized spacial score (nSPS) is 47.9. The molecule has 0 amide bonds. The molecule has 2 N–H and O–H groups in total. The Balaban J connectivity index is 1.63.